The number of amides is 1. The fourth-order valence-corrected chi connectivity index (χ4v) is 3.21. The van der Waals surface area contributed by atoms with Gasteiger partial charge in [0.05, 0.1) is 0 Å². The largest absolute Gasteiger partial charge is 0.336 e. The molecule has 1 aliphatic rings. The van der Waals surface area contributed by atoms with Crippen molar-refractivity contribution < 1.29 is 4.79 Å². The first-order valence-corrected chi connectivity index (χ1v) is 7.14. The van der Waals surface area contributed by atoms with Crippen LogP contribution in [0, 0.1) is 0 Å². The number of nitrogens with one attached hydrogen (secondary N) is 1. The maximum Gasteiger partial charge on any atom is 0.254 e. The second-order valence-corrected chi connectivity index (χ2v) is 6.19. The van der Waals surface area contributed by atoms with Gasteiger partial charge in [0.15, 0.2) is 0 Å². The number of rotatable bonds is 1. The smallest absolute Gasteiger partial charge is 0.254 e. The molecule has 0 saturated carbocycles. The van der Waals surface area contributed by atoms with E-state index in [0.29, 0.717) is 22.7 Å². The quantitative estimate of drug-likeness (QED) is 0.858. The molecule has 2 unspecified atom stereocenters. The molecule has 3 nitrogen and oxygen atoms in total. The van der Waals surface area contributed by atoms with Gasteiger partial charge in [0.1, 0.15) is 0 Å². The van der Waals surface area contributed by atoms with Gasteiger partial charge in [0.25, 0.3) is 5.91 Å². The van der Waals surface area contributed by atoms with E-state index >= 15 is 0 Å². The summed E-state index contributed by atoms with van der Waals surface area (Å²) in [5, 5.41) is 3.98. The summed E-state index contributed by atoms with van der Waals surface area (Å²) in [4.78, 5) is 14.3. The van der Waals surface area contributed by atoms with Crippen molar-refractivity contribution in [2.75, 3.05) is 13.1 Å². The fourth-order valence-electron chi connectivity index (χ4n) is 2.35. The Kier molecular flexibility index (Phi) is 4.30. The fraction of sp³-hybridized carbons (Fsp3) is 0.462. The van der Waals surface area contributed by atoms with E-state index in [9.17, 15) is 4.79 Å². The maximum atomic E-state index is 12.4. The lowest BCUT2D eigenvalue weighted by atomic mass is 10.1. The van der Waals surface area contributed by atoms with Crippen molar-refractivity contribution in [3.05, 3.63) is 33.3 Å². The number of halogens is 2. The third-order valence-corrected chi connectivity index (χ3v) is 3.63. The Labute approximate surface area is 121 Å². The molecule has 0 aliphatic carbocycles. The highest BCUT2D eigenvalue weighted by atomic mass is 79.9. The molecule has 0 radical (unpaired) electrons. The van der Waals surface area contributed by atoms with E-state index in [1.54, 1.807) is 12.1 Å². The van der Waals surface area contributed by atoms with Crippen molar-refractivity contribution in [3.63, 3.8) is 0 Å². The van der Waals surface area contributed by atoms with Crippen LogP contribution >= 0.6 is 27.5 Å². The molecule has 1 amide bonds. The summed E-state index contributed by atoms with van der Waals surface area (Å²) in [6, 6.07) is 5.94. The minimum Gasteiger partial charge on any atom is -0.336 e. The molecular formula is C13H16BrClN2O. The molecule has 18 heavy (non-hydrogen) atoms. The van der Waals surface area contributed by atoms with Crippen molar-refractivity contribution in [3.8, 4) is 0 Å². The number of carbonyl (C=O) groups excluding carboxylic acids is 1. The highest BCUT2D eigenvalue weighted by Gasteiger charge is 2.25. The van der Waals surface area contributed by atoms with Crippen LogP contribution in [0.25, 0.3) is 0 Å². The zero-order valence-corrected chi connectivity index (χ0v) is 12.8. The van der Waals surface area contributed by atoms with Crippen molar-refractivity contribution in [2.24, 2.45) is 0 Å². The van der Waals surface area contributed by atoms with Gasteiger partial charge in [-0.05, 0) is 32.0 Å². The SMILES string of the molecule is CC1CN(C(=O)c2cc(Cl)cc(Br)c2)CC(C)N1. The van der Waals surface area contributed by atoms with Crippen molar-refractivity contribution in [1.82, 2.24) is 10.2 Å². The summed E-state index contributed by atoms with van der Waals surface area (Å²) in [7, 11) is 0. The van der Waals surface area contributed by atoms with Crippen LogP contribution in [-0.2, 0) is 0 Å². The number of benzene rings is 1. The first-order valence-electron chi connectivity index (χ1n) is 5.97. The third-order valence-electron chi connectivity index (χ3n) is 2.95. The maximum absolute atomic E-state index is 12.4. The molecule has 1 saturated heterocycles. The zero-order valence-electron chi connectivity index (χ0n) is 10.4. The van der Waals surface area contributed by atoms with Crippen LogP contribution in [0.15, 0.2) is 22.7 Å². The normalized spacial score (nSPS) is 24.1. The zero-order chi connectivity index (χ0) is 13.3. The average molecular weight is 332 g/mol. The van der Waals surface area contributed by atoms with Crippen LogP contribution in [0.2, 0.25) is 5.02 Å². The standard InChI is InChI=1S/C13H16BrClN2O/c1-8-6-17(7-9(2)16-8)13(18)10-3-11(14)5-12(15)4-10/h3-5,8-9,16H,6-7H2,1-2H3. The molecule has 0 spiro atoms. The molecule has 1 N–H and O–H groups in total. The minimum absolute atomic E-state index is 0.0402. The van der Waals surface area contributed by atoms with Crippen LogP contribution in [0.4, 0.5) is 0 Å². The molecule has 0 aromatic heterocycles. The van der Waals surface area contributed by atoms with Crippen molar-refractivity contribution >= 4 is 33.4 Å². The Hall–Kier alpha value is -0.580. The Morgan fingerprint density at radius 2 is 1.94 bits per heavy atom. The number of carbonyl (C=O) groups is 1. The second kappa shape index (κ2) is 5.59. The summed E-state index contributed by atoms with van der Waals surface area (Å²) in [5.41, 5.74) is 0.635. The van der Waals surface area contributed by atoms with Crippen molar-refractivity contribution in [1.29, 1.82) is 0 Å². The van der Waals surface area contributed by atoms with Gasteiger partial charge >= 0.3 is 0 Å². The monoisotopic (exact) mass is 330 g/mol. The molecule has 1 fully saturated rings. The van der Waals surface area contributed by atoms with E-state index in [1.807, 2.05) is 11.0 Å². The molecule has 1 aromatic rings. The Bertz CT molecular complexity index is 436. The van der Waals surface area contributed by atoms with Gasteiger partial charge in [-0.1, -0.05) is 27.5 Å². The van der Waals surface area contributed by atoms with Gasteiger partial charge in [-0.15, -0.1) is 0 Å². The van der Waals surface area contributed by atoms with E-state index in [2.05, 4.69) is 35.1 Å². The van der Waals surface area contributed by atoms with Gasteiger partial charge in [0, 0.05) is 40.2 Å². The van der Waals surface area contributed by atoms with E-state index in [-0.39, 0.29) is 5.91 Å². The van der Waals surface area contributed by atoms with E-state index < -0.39 is 0 Å². The van der Waals surface area contributed by atoms with Crippen LogP contribution in [0.3, 0.4) is 0 Å². The lowest BCUT2D eigenvalue weighted by Gasteiger charge is -2.36. The van der Waals surface area contributed by atoms with Gasteiger partial charge in [-0.2, -0.15) is 0 Å². The number of hydrogen-bond acceptors (Lipinski definition) is 2. The average Bonchev–Trinajstić information content (AvgIpc) is 2.25. The molecule has 0 bridgehead atoms. The lowest BCUT2D eigenvalue weighted by Crippen LogP contribution is -2.55. The molecule has 2 rings (SSSR count). The van der Waals surface area contributed by atoms with E-state index in [0.717, 1.165) is 17.6 Å². The van der Waals surface area contributed by atoms with Gasteiger partial charge in [0.2, 0.25) is 0 Å². The number of hydrogen-bond donors (Lipinski definition) is 1. The van der Waals surface area contributed by atoms with Crippen molar-refractivity contribution in [2.45, 2.75) is 25.9 Å². The summed E-state index contributed by atoms with van der Waals surface area (Å²) in [6.07, 6.45) is 0. The molecule has 1 heterocycles. The first-order chi connectivity index (χ1) is 8.45. The molecule has 1 aromatic carbocycles. The molecule has 1 aliphatic heterocycles. The Morgan fingerprint density at radius 1 is 1.33 bits per heavy atom. The van der Waals surface area contributed by atoms with E-state index in [4.69, 9.17) is 11.6 Å². The molecule has 98 valence electrons. The summed E-state index contributed by atoms with van der Waals surface area (Å²) in [6.45, 7) is 5.63. The summed E-state index contributed by atoms with van der Waals surface area (Å²) in [5.74, 6) is 0.0402. The minimum atomic E-state index is 0.0402. The van der Waals surface area contributed by atoms with Gasteiger partial charge < -0.3 is 10.2 Å². The molecule has 2 atom stereocenters. The highest BCUT2D eigenvalue weighted by molar-refractivity contribution is 9.10. The van der Waals surface area contributed by atoms with Crippen LogP contribution in [0.1, 0.15) is 24.2 Å². The number of piperazine rings is 1. The van der Waals surface area contributed by atoms with Gasteiger partial charge in [-0.3, -0.25) is 4.79 Å². The molecular weight excluding hydrogens is 316 g/mol. The number of nitrogens with zero attached hydrogens (tertiary/aromatic N) is 1. The Morgan fingerprint density at radius 3 is 2.50 bits per heavy atom. The van der Waals surface area contributed by atoms with Crippen LogP contribution < -0.4 is 5.32 Å². The predicted octanol–water partition coefficient (Wildman–Crippen LogP) is 2.92. The van der Waals surface area contributed by atoms with Crippen LogP contribution in [0.5, 0.6) is 0 Å². The lowest BCUT2D eigenvalue weighted by molar-refractivity contribution is 0.0673. The highest BCUT2D eigenvalue weighted by Crippen LogP contribution is 2.21. The summed E-state index contributed by atoms with van der Waals surface area (Å²) >= 11 is 9.34. The second-order valence-electron chi connectivity index (χ2n) is 4.84. The third kappa shape index (κ3) is 3.25. The van der Waals surface area contributed by atoms with Crippen LogP contribution in [-0.4, -0.2) is 36.0 Å². The topological polar surface area (TPSA) is 32.3 Å². The summed E-state index contributed by atoms with van der Waals surface area (Å²) < 4.78 is 0.828. The Balaban J connectivity index is 2.20. The predicted molar refractivity (Wildman–Crippen MR) is 77.1 cm³/mol. The van der Waals surface area contributed by atoms with Gasteiger partial charge in [-0.25, -0.2) is 0 Å². The first kappa shape index (κ1) is 13.8. The van der Waals surface area contributed by atoms with E-state index in [1.165, 1.54) is 0 Å². The molecule has 5 heteroatoms.